The van der Waals surface area contributed by atoms with E-state index in [2.05, 4.69) is 0 Å². The van der Waals surface area contributed by atoms with Crippen molar-refractivity contribution in [1.82, 2.24) is 0 Å². The molecule has 5 nitrogen and oxygen atoms in total. The second-order valence-corrected chi connectivity index (χ2v) is 3.71. The standard InChI is InChI=1S/C13H14O5/c1-8(14)4-5-9-6-10(15-2)12-13(11(9)16-3)18-7-17-12/h4-6H,7H2,1-3H3. The van der Waals surface area contributed by atoms with Crippen LogP contribution in [-0.2, 0) is 4.79 Å². The number of ketones is 1. The Labute approximate surface area is 105 Å². The molecule has 1 heterocycles. The maximum absolute atomic E-state index is 11.0. The molecule has 0 saturated carbocycles. The van der Waals surface area contributed by atoms with Gasteiger partial charge in [-0.1, -0.05) is 0 Å². The van der Waals surface area contributed by atoms with Gasteiger partial charge in [0.05, 0.1) is 14.2 Å². The van der Waals surface area contributed by atoms with E-state index >= 15 is 0 Å². The Bertz CT molecular complexity index is 505. The van der Waals surface area contributed by atoms with E-state index in [4.69, 9.17) is 18.9 Å². The molecule has 0 fully saturated rings. The fourth-order valence-corrected chi connectivity index (χ4v) is 1.73. The zero-order valence-electron chi connectivity index (χ0n) is 10.5. The van der Waals surface area contributed by atoms with Gasteiger partial charge < -0.3 is 18.9 Å². The van der Waals surface area contributed by atoms with Crippen LogP contribution in [0.3, 0.4) is 0 Å². The minimum Gasteiger partial charge on any atom is -0.493 e. The third-order valence-electron chi connectivity index (χ3n) is 2.51. The summed E-state index contributed by atoms with van der Waals surface area (Å²) in [5.41, 5.74) is 0.703. The van der Waals surface area contributed by atoms with E-state index in [9.17, 15) is 4.79 Å². The number of fused-ring (bicyclic) bond motifs is 1. The number of hydrogen-bond donors (Lipinski definition) is 0. The first-order chi connectivity index (χ1) is 8.67. The molecule has 0 N–H and O–H groups in total. The highest BCUT2D eigenvalue weighted by molar-refractivity contribution is 5.92. The van der Waals surface area contributed by atoms with Crippen molar-refractivity contribution in [2.75, 3.05) is 21.0 Å². The number of allylic oxidation sites excluding steroid dienone is 1. The molecule has 1 aliphatic heterocycles. The summed E-state index contributed by atoms with van der Waals surface area (Å²) < 4.78 is 21.2. The first-order valence-corrected chi connectivity index (χ1v) is 5.40. The SMILES string of the molecule is COc1cc(C=CC(C)=O)c(OC)c2c1OCO2. The lowest BCUT2D eigenvalue weighted by Crippen LogP contribution is -1.94. The second-order valence-electron chi connectivity index (χ2n) is 3.71. The third kappa shape index (κ3) is 2.11. The molecular weight excluding hydrogens is 236 g/mol. The van der Waals surface area contributed by atoms with Gasteiger partial charge in [0, 0.05) is 5.56 Å². The number of methoxy groups -OCH3 is 2. The van der Waals surface area contributed by atoms with Crippen LogP contribution in [0.2, 0.25) is 0 Å². The molecule has 0 saturated heterocycles. The lowest BCUT2D eigenvalue weighted by Gasteiger charge is -2.11. The molecule has 0 radical (unpaired) electrons. The van der Waals surface area contributed by atoms with Crippen LogP contribution in [0.4, 0.5) is 0 Å². The first kappa shape index (κ1) is 12.3. The number of hydrogen-bond acceptors (Lipinski definition) is 5. The lowest BCUT2D eigenvalue weighted by molar-refractivity contribution is -0.112. The highest BCUT2D eigenvalue weighted by atomic mass is 16.7. The monoisotopic (exact) mass is 250 g/mol. The molecule has 96 valence electrons. The molecule has 0 spiro atoms. The Hall–Kier alpha value is -2.17. The first-order valence-electron chi connectivity index (χ1n) is 5.40. The second kappa shape index (κ2) is 5.00. The molecule has 1 aliphatic rings. The summed E-state index contributed by atoms with van der Waals surface area (Å²) in [5.74, 6) is 2.05. The smallest absolute Gasteiger partial charge is 0.231 e. The Morgan fingerprint density at radius 1 is 1.28 bits per heavy atom. The fraction of sp³-hybridized carbons (Fsp3) is 0.308. The predicted octanol–water partition coefficient (Wildman–Crippen LogP) is 2.03. The van der Waals surface area contributed by atoms with Crippen LogP contribution >= 0.6 is 0 Å². The van der Waals surface area contributed by atoms with Gasteiger partial charge in [-0.25, -0.2) is 0 Å². The van der Waals surface area contributed by atoms with Gasteiger partial charge in [0.15, 0.2) is 17.3 Å². The molecule has 2 rings (SSSR count). The molecule has 0 bridgehead atoms. The van der Waals surface area contributed by atoms with Gasteiger partial charge in [0.1, 0.15) is 0 Å². The normalized spacial score (nSPS) is 12.8. The lowest BCUT2D eigenvalue weighted by atomic mass is 10.1. The molecule has 1 aromatic carbocycles. The largest absolute Gasteiger partial charge is 0.493 e. The summed E-state index contributed by atoms with van der Waals surface area (Å²) in [6.07, 6.45) is 3.12. The highest BCUT2D eigenvalue weighted by Gasteiger charge is 2.26. The van der Waals surface area contributed by atoms with Crippen LogP contribution in [0.25, 0.3) is 6.08 Å². The van der Waals surface area contributed by atoms with E-state index in [1.807, 2.05) is 0 Å². The van der Waals surface area contributed by atoms with Crippen LogP contribution in [0.1, 0.15) is 12.5 Å². The summed E-state index contributed by atoms with van der Waals surface area (Å²) in [6.45, 7) is 1.61. The van der Waals surface area contributed by atoms with Crippen molar-refractivity contribution < 1.29 is 23.7 Å². The van der Waals surface area contributed by atoms with Crippen molar-refractivity contribution in [2.24, 2.45) is 0 Å². The van der Waals surface area contributed by atoms with E-state index in [0.29, 0.717) is 28.6 Å². The van der Waals surface area contributed by atoms with Crippen molar-refractivity contribution in [1.29, 1.82) is 0 Å². The van der Waals surface area contributed by atoms with Crippen LogP contribution in [-0.4, -0.2) is 26.8 Å². The third-order valence-corrected chi connectivity index (χ3v) is 2.51. The van der Waals surface area contributed by atoms with Gasteiger partial charge in [-0.05, 0) is 25.1 Å². The van der Waals surface area contributed by atoms with E-state index in [-0.39, 0.29) is 12.6 Å². The van der Waals surface area contributed by atoms with Crippen molar-refractivity contribution in [2.45, 2.75) is 6.92 Å². The average Bonchev–Trinajstić information content (AvgIpc) is 2.83. The molecule has 0 unspecified atom stereocenters. The summed E-state index contributed by atoms with van der Waals surface area (Å²) in [5, 5.41) is 0. The van der Waals surface area contributed by atoms with Crippen molar-refractivity contribution in [3.63, 3.8) is 0 Å². The van der Waals surface area contributed by atoms with E-state index in [1.165, 1.54) is 20.1 Å². The molecule has 0 amide bonds. The minimum absolute atomic E-state index is 0.0475. The van der Waals surface area contributed by atoms with Crippen molar-refractivity contribution >= 4 is 11.9 Å². The topological polar surface area (TPSA) is 54.0 Å². The van der Waals surface area contributed by atoms with Gasteiger partial charge >= 0.3 is 0 Å². The van der Waals surface area contributed by atoms with Crippen LogP contribution in [0, 0.1) is 0 Å². The predicted molar refractivity (Wildman–Crippen MR) is 65.4 cm³/mol. The zero-order chi connectivity index (χ0) is 13.1. The number of carbonyl (C=O) groups is 1. The maximum Gasteiger partial charge on any atom is 0.231 e. The van der Waals surface area contributed by atoms with E-state index < -0.39 is 0 Å². The summed E-state index contributed by atoms with van der Waals surface area (Å²) in [7, 11) is 3.08. The average molecular weight is 250 g/mol. The Balaban J connectivity index is 2.55. The molecule has 5 heteroatoms. The molecule has 1 aromatic rings. The number of carbonyl (C=O) groups excluding carboxylic acids is 1. The highest BCUT2D eigenvalue weighted by Crippen LogP contribution is 2.49. The van der Waals surface area contributed by atoms with Crippen molar-refractivity contribution in [3.05, 3.63) is 17.7 Å². The van der Waals surface area contributed by atoms with Crippen molar-refractivity contribution in [3.8, 4) is 23.0 Å². The van der Waals surface area contributed by atoms with Gasteiger partial charge in [0.2, 0.25) is 18.3 Å². The summed E-state index contributed by atoms with van der Waals surface area (Å²) in [4.78, 5) is 11.0. The van der Waals surface area contributed by atoms with Gasteiger partial charge in [-0.2, -0.15) is 0 Å². The zero-order valence-corrected chi connectivity index (χ0v) is 10.5. The molecule has 0 aliphatic carbocycles. The Morgan fingerprint density at radius 3 is 2.61 bits per heavy atom. The van der Waals surface area contributed by atoms with Gasteiger partial charge in [-0.15, -0.1) is 0 Å². The number of rotatable bonds is 4. The van der Waals surface area contributed by atoms with Crippen LogP contribution < -0.4 is 18.9 Å². The molecule has 18 heavy (non-hydrogen) atoms. The molecular formula is C13H14O5. The van der Waals surface area contributed by atoms with Crippen LogP contribution in [0.5, 0.6) is 23.0 Å². The minimum atomic E-state index is -0.0475. The number of ether oxygens (including phenoxy) is 4. The van der Waals surface area contributed by atoms with Crippen LogP contribution in [0.15, 0.2) is 12.1 Å². The van der Waals surface area contributed by atoms with E-state index in [0.717, 1.165) is 0 Å². The summed E-state index contributed by atoms with van der Waals surface area (Å²) >= 11 is 0. The fourth-order valence-electron chi connectivity index (χ4n) is 1.73. The quantitative estimate of drug-likeness (QED) is 0.765. The number of benzene rings is 1. The van der Waals surface area contributed by atoms with Gasteiger partial charge in [0.25, 0.3) is 0 Å². The Kier molecular flexibility index (Phi) is 3.41. The summed E-state index contributed by atoms with van der Waals surface area (Å²) in [6, 6.07) is 1.74. The Morgan fingerprint density at radius 2 is 2.00 bits per heavy atom. The van der Waals surface area contributed by atoms with E-state index in [1.54, 1.807) is 19.3 Å². The molecule has 0 aromatic heterocycles. The van der Waals surface area contributed by atoms with Gasteiger partial charge in [-0.3, -0.25) is 4.79 Å². The molecule has 0 atom stereocenters. The maximum atomic E-state index is 11.0.